The van der Waals surface area contributed by atoms with Gasteiger partial charge in [-0.05, 0) is 62.9 Å². The Labute approximate surface area is 167 Å². The SMILES string of the molecule is Cc1cc(Br)ccc1NC(=O)CN(C)[C@H](C)C(=O)Nc1cccc(C#N)c1. The number of carbonyl (C=O) groups is 2. The van der Waals surface area contributed by atoms with Crippen molar-refractivity contribution in [2.24, 2.45) is 0 Å². The normalized spacial score (nSPS) is 11.6. The van der Waals surface area contributed by atoms with Crippen LogP contribution in [-0.2, 0) is 9.59 Å². The molecule has 2 rings (SSSR count). The number of likely N-dealkylation sites (N-methyl/N-ethyl adjacent to an activating group) is 1. The molecule has 2 N–H and O–H groups in total. The summed E-state index contributed by atoms with van der Waals surface area (Å²) in [7, 11) is 1.71. The van der Waals surface area contributed by atoms with Crippen LogP contribution in [0.3, 0.4) is 0 Å². The zero-order chi connectivity index (χ0) is 20.0. The molecule has 1 atom stereocenters. The minimum Gasteiger partial charge on any atom is -0.325 e. The highest BCUT2D eigenvalue weighted by Crippen LogP contribution is 2.20. The lowest BCUT2D eigenvalue weighted by Crippen LogP contribution is -2.43. The fourth-order valence-corrected chi connectivity index (χ4v) is 2.91. The van der Waals surface area contributed by atoms with E-state index in [-0.39, 0.29) is 18.4 Å². The Morgan fingerprint density at radius 2 is 1.96 bits per heavy atom. The highest BCUT2D eigenvalue weighted by molar-refractivity contribution is 9.10. The number of carbonyl (C=O) groups excluding carboxylic acids is 2. The van der Waals surface area contributed by atoms with Crippen LogP contribution in [0.4, 0.5) is 11.4 Å². The fourth-order valence-electron chi connectivity index (χ4n) is 2.43. The molecule has 0 unspecified atom stereocenters. The summed E-state index contributed by atoms with van der Waals surface area (Å²) in [5.41, 5.74) is 2.71. The Balaban J connectivity index is 1.93. The Morgan fingerprint density at radius 3 is 2.63 bits per heavy atom. The number of nitriles is 1. The zero-order valence-electron chi connectivity index (χ0n) is 15.4. The molecule has 0 aromatic heterocycles. The number of rotatable bonds is 6. The van der Waals surface area contributed by atoms with E-state index in [9.17, 15) is 9.59 Å². The summed E-state index contributed by atoms with van der Waals surface area (Å²) in [5.74, 6) is -0.450. The van der Waals surface area contributed by atoms with Crippen molar-refractivity contribution in [2.45, 2.75) is 19.9 Å². The first-order valence-corrected chi connectivity index (χ1v) is 9.16. The van der Waals surface area contributed by atoms with Crippen molar-refractivity contribution in [3.05, 3.63) is 58.1 Å². The van der Waals surface area contributed by atoms with Crippen molar-refractivity contribution in [3.63, 3.8) is 0 Å². The second-order valence-corrected chi connectivity index (χ2v) is 7.20. The van der Waals surface area contributed by atoms with E-state index in [2.05, 4.69) is 26.6 Å². The van der Waals surface area contributed by atoms with Gasteiger partial charge in [-0.1, -0.05) is 22.0 Å². The monoisotopic (exact) mass is 428 g/mol. The maximum Gasteiger partial charge on any atom is 0.241 e. The van der Waals surface area contributed by atoms with Crippen LogP contribution in [0.15, 0.2) is 46.9 Å². The first kappa shape index (κ1) is 20.6. The maximum absolute atomic E-state index is 12.4. The summed E-state index contributed by atoms with van der Waals surface area (Å²) in [6.07, 6.45) is 0. The number of hydrogen-bond acceptors (Lipinski definition) is 4. The summed E-state index contributed by atoms with van der Waals surface area (Å²) >= 11 is 3.39. The van der Waals surface area contributed by atoms with Crippen molar-refractivity contribution in [1.82, 2.24) is 4.90 Å². The van der Waals surface area contributed by atoms with E-state index in [0.29, 0.717) is 11.3 Å². The van der Waals surface area contributed by atoms with E-state index in [1.807, 2.05) is 31.2 Å². The summed E-state index contributed by atoms with van der Waals surface area (Å²) in [5, 5.41) is 14.6. The van der Waals surface area contributed by atoms with Gasteiger partial charge < -0.3 is 10.6 Å². The van der Waals surface area contributed by atoms with Crippen LogP contribution in [0.2, 0.25) is 0 Å². The molecule has 0 saturated heterocycles. The lowest BCUT2D eigenvalue weighted by Gasteiger charge is -2.23. The van der Waals surface area contributed by atoms with Gasteiger partial charge in [0.2, 0.25) is 11.8 Å². The molecule has 0 aliphatic heterocycles. The lowest BCUT2D eigenvalue weighted by molar-refractivity contribution is -0.122. The molecule has 7 heteroatoms. The van der Waals surface area contributed by atoms with E-state index in [1.165, 1.54) is 0 Å². The van der Waals surface area contributed by atoms with Gasteiger partial charge in [0.15, 0.2) is 0 Å². The molecule has 27 heavy (non-hydrogen) atoms. The molecule has 0 aliphatic carbocycles. The largest absolute Gasteiger partial charge is 0.325 e. The van der Waals surface area contributed by atoms with E-state index in [4.69, 9.17) is 5.26 Å². The Hall–Kier alpha value is -2.69. The third kappa shape index (κ3) is 5.91. The molecule has 0 radical (unpaired) electrons. The summed E-state index contributed by atoms with van der Waals surface area (Å²) in [6.45, 7) is 3.71. The third-order valence-electron chi connectivity index (χ3n) is 4.16. The summed E-state index contributed by atoms with van der Waals surface area (Å²) < 4.78 is 0.945. The van der Waals surface area contributed by atoms with Crippen molar-refractivity contribution in [1.29, 1.82) is 5.26 Å². The van der Waals surface area contributed by atoms with E-state index in [0.717, 1.165) is 15.7 Å². The number of anilines is 2. The number of nitrogens with one attached hydrogen (secondary N) is 2. The molecule has 2 aromatic carbocycles. The van der Waals surface area contributed by atoms with Crippen molar-refractivity contribution >= 4 is 39.1 Å². The number of halogens is 1. The molecule has 0 bridgehead atoms. The van der Waals surface area contributed by atoms with Crippen LogP contribution in [0.5, 0.6) is 0 Å². The predicted molar refractivity (Wildman–Crippen MR) is 109 cm³/mol. The Kier molecular flexibility index (Phi) is 7.11. The number of aryl methyl sites for hydroxylation is 1. The first-order valence-electron chi connectivity index (χ1n) is 8.37. The standard InChI is InChI=1S/C20H21BrN4O2/c1-13-9-16(21)7-8-18(13)24-19(26)12-25(3)14(2)20(27)23-17-6-4-5-15(10-17)11-22/h4-10,14H,12H2,1-3H3,(H,23,27)(H,24,26)/t14-/m1/s1. The second-order valence-electron chi connectivity index (χ2n) is 6.28. The van der Waals surface area contributed by atoms with Gasteiger partial charge in [-0.2, -0.15) is 5.26 Å². The average Bonchev–Trinajstić information content (AvgIpc) is 2.63. The Morgan fingerprint density at radius 1 is 1.22 bits per heavy atom. The highest BCUT2D eigenvalue weighted by Gasteiger charge is 2.20. The zero-order valence-corrected chi connectivity index (χ0v) is 17.0. The molecule has 0 spiro atoms. The quantitative estimate of drug-likeness (QED) is 0.736. The van der Waals surface area contributed by atoms with Crippen molar-refractivity contribution < 1.29 is 9.59 Å². The highest BCUT2D eigenvalue weighted by atomic mass is 79.9. The number of nitrogens with zero attached hydrogens (tertiary/aromatic N) is 2. The summed E-state index contributed by atoms with van der Waals surface area (Å²) in [4.78, 5) is 26.4. The molecule has 6 nitrogen and oxygen atoms in total. The topological polar surface area (TPSA) is 85.2 Å². The number of amides is 2. The van der Waals surface area contributed by atoms with Crippen LogP contribution in [-0.4, -0.2) is 36.3 Å². The van der Waals surface area contributed by atoms with Crippen LogP contribution >= 0.6 is 15.9 Å². The maximum atomic E-state index is 12.4. The summed E-state index contributed by atoms with van der Waals surface area (Å²) in [6, 6.07) is 13.8. The molecule has 2 amide bonds. The Bertz CT molecular complexity index is 892. The smallest absolute Gasteiger partial charge is 0.241 e. The first-order chi connectivity index (χ1) is 12.8. The van der Waals surface area contributed by atoms with Gasteiger partial charge in [-0.3, -0.25) is 14.5 Å². The van der Waals surface area contributed by atoms with Gasteiger partial charge in [-0.15, -0.1) is 0 Å². The number of hydrogen-bond donors (Lipinski definition) is 2. The van der Waals surface area contributed by atoms with E-state index in [1.54, 1.807) is 43.1 Å². The van der Waals surface area contributed by atoms with Gasteiger partial charge in [0, 0.05) is 15.8 Å². The number of benzene rings is 2. The van der Waals surface area contributed by atoms with Gasteiger partial charge >= 0.3 is 0 Å². The molecule has 140 valence electrons. The van der Waals surface area contributed by atoms with E-state index < -0.39 is 6.04 Å². The molecule has 0 aliphatic rings. The predicted octanol–water partition coefficient (Wildman–Crippen LogP) is 3.53. The van der Waals surface area contributed by atoms with Gasteiger partial charge in [0.1, 0.15) is 0 Å². The van der Waals surface area contributed by atoms with Crippen LogP contribution in [0.25, 0.3) is 0 Å². The van der Waals surface area contributed by atoms with Crippen molar-refractivity contribution in [3.8, 4) is 6.07 Å². The van der Waals surface area contributed by atoms with Gasteiger partial charge in [0.05, 0.1) is 24.2 Å². The fraction of sp³-hybridized carbons (Fsp3) is 0.250. The molecule has 2 aromatic rings. The third-order valence-corrected chi connectivity index (χ3v) is 4.65. The molecule has 0 saturated carbocycles. The van der Waals surface area contributed by atoms with Crippen LogP contribution < -0.4 is 10.6 Å². The molecule has 0 heterocycles. The van der Waals surface area contributed by atoms with Crippen molar-refractivity contribution in [2.75, 3.05) is 24.2 Å². The molecule has 0 fully saturated rings. The molecular weight excluding hydrogens is 408 g/mol. The lowest BCUT2D eigenvalue weighted by atomic mass is 10.2. The van der Waals surface area contributed by atoms with Gasteiger partial charge in [0.25, 0.3) is 0 Å². The van der Waals surface area contributed by atoms with Crippen LogP contribution in [0.1, 0.15) is 18.1 Å². The minimum absolute atomic E-state index is 0.0718. The second kappa shape index (κ2) is 9.31. The van der Waals surface area contributed by atoms with E-state index >= 15 is 0 Å². The van der Waals surface area contributed by atoms with Crippen LogP contribution in [0, 0.1) is 18.3 Å². The van der Waals surface area contributed by atoms with Gasteiger partial charge in [-0.25, -0.2) is 0 Å². The average molecular weight is 429 g/mol. The molecular formula is C20H21BrN4O2. The minimum atomic E-state index is -0.521.